The summed E-state index contributed by atoms with van der Waals surface area (Å²) in [6, 6.07) is 5.65. The van der Waals surface area contributed by atoms with Gasteiger partial charge in [0.15, 0.2) is 6.29 Å². The molecule has 3 N–H and O–H groups in total. The van der Waals surface area contributed by atoms with Gasteiger partial charge in [0.1, 0.15) is 5.75 Å². The second-order valence-electron chi connectivity index (χ2n) is 2.03. The van der Waals surface area contributed by atoms with Gasteiger partial charge in [-0.3, -0.25) is 9.59 Å². The number of phenolic OH excluding ortho intramolecular Hbond substituents is 1. The molecule has 0 saturated carbocycles. The van der Waals surface area contributed by atoms with E-state index in [0.29, 0.717) is 0 Å². The number of carbonyl (C=O) groups excluding carboxylic acids is 2. The molecule has 4 heteroatoms. The molecule has 12 heavy (non-hydrogen) atoms. The molecule has 0 unspecified atom stereocenters. The third-order valence-electron chi connectivity index (χ3n) is 1.24. The van der Waals surface area contributed by atoms with E-state index in [2.05, 4.69) is 0 Å². The maximum Gasteiger partial charge on any atom is 0.225 e. The van der Waals surface area contributed by atoms with Gasteiger partial charge in [-0.2, -0.15) is 0 Å². The van der Waals surface area contributed by atoms with Crippen LogP contribution in [0, 0.1) is 0 Å². The lowest BCUT2D eigenvalue weighted by Crippen LogP contribution is -1.98. The van der Waals surface area contributed by atoms with Crippen LogP contribution >= 0.6 is 0 Å². The molecule has 0 aliphatic heterocycles. The monoisotopic (exact) mass is 168 g/mol. The van der Waals surface area contributed by atoms with E-state index in [0.717, 1.165) is 0 Å². The second-order valence-corrected chi connectivity index (χ2v) is 2.03. The van der Waals surface area contributed by atoms with Crippen LogP contribution in [-0.2, 0) is 4.79 Å². The quantitative estimate of drug-likeness (QED) is 0.381. The lowest BCUT2D eigenvalue weighted by atomic mass is 10.1. The van der Waals surface area contributed by atoms with Crippen molar-refractivity contribution < 1.29 is 20.2 Å². The number of hydrogen-bond donors (Lipinski definition) is 1. The van der Waals surface area contributed by atoms with Gasteiger partial charge in [-0.15, -0.1) is 0 Å². The molecule has 64 valence electrons. The Morgan fingerprint density at radius 3 is 2.58 bits per heavy atom. The van der Waals surface area contributed by atoms with Gasteiger partial charge in [-0.05, 0) is 12.1 Å². The molecule has 0 atom stereocenters. The second kappa shape index (κ2) is 4.25. The number of aromatic hydroxyl groups is 1. The van der Waals surface area contributed by atoms with E-state index in [4.69, 9.17) is 5.11 Å². The molecule has 0 radical (unpaired) electrons. The maximum absolute atomic E-state index is 10.7. The van der Waals surface area contributed by atoms with Crippen LogP contribution in [0.1, 0.15) is 10.4 Å². The summed E-state index contributed by atoms with van der Waals surface area (Å²) in [7, 11) is 0. The molecule has 0 aromatic heterocycles. The van der Waals surface area contributed by atoms with Gasteiger partial charge in [0.2, 0.25) is 5.78 Å². The normalized spacial score (nSPS) is 8.33. The van der Waals surface area contributed by atoms with Gasteiger partial charge in [0, 0.05) is 5.56 Å². The van der Waals surface area contributed by atoms with Crippen LogP contribution in [0.15, 0.2) is 24.3 Å². The number of ketones is 1. The summed E-state index contributed by atoms with van der Waals surface area (Å²) in [5.41, 5.74) is 0.208. The summed E-state index contributed by atoms with van der Waals surface area (Å²) in [5.74, 6) is -0.640. The number of benzene rings is 1. The molecule has 1 rings (SSSR count). The minimum atomic E-state index is -0.624. The molecule has 4 nitrogen and oxygen atoms in total. The van der Waals surface area contributed by atoms with E-state index >= 15 is 0 Å². The molecule has 0 amide bonds. The highest BCUT2D eigenvalue weighted by Gasteiger charge is 2.02. The fraction of sp³-hybridized carbons (Fsp3) is 0. The SMILES string of the molecule is O.O=CC(=O)c1cccc(O)c1. The van der Waals surface area contributed by atoms with Gasteiger partial charge in [-0.1, -0.05) is 12.1 Å². The summed E-state index contributed by atoms with van der Waals surface area (Å²) in [4.78, 5) is 20.7. The van der Waals surface area contributed by atoms with Crippen molar-refractivity contribution in [3.63, 3.8) is 0 Å². The molecule has 1 aromatic rings. The van der Waals surface area contributed by atoms with Gasteiger partial charge in [0.25, 0.3) is 0 Å². The van der Waals surface area contributed by atoms with Crippen molar-refractivity contribution in [2.24, 2.45) is 0 Å². The fourth-order valence-corrected chi connectivity index (χ4v) is 0.727. The molecule has 0 aliphatic carbocycles. The van der Waals surface area contributed by atoms with Crippen LogP contribution in [-0.4, -0.2) is 22.7 Å². The Morgan fingerprint density at radius 2 is 2.08 bits per heavy atom. The van der Waals surface area contributed by atoms with Crippen LogP contribution < -0.4 is 0 Å². The van der Waals surface area contributed by atoms with Crippen molar-refractivity contribution in [2.75, 3.05) is 0 Å². The highest BCUT2D eigenvalue weighted by Crippen LogP contribution is 2.10. The van der Waals surface area contributed by atoms with Crippen LogP contribution in [0.2, 0.25) is 0 Å². The molecule has 0 saturated heterocycles. The predicted molar refractivity (Wildman–Crippen MR) is 42.1 cm³/mol. The van der Waals surface area contributed by atoms with E-state index in [1.165, 1.54) is 24.3 Å². The topological polar surface area (TPSA) is 85.9 Å². The average Bonchev–Trinajstić information content (AvgIpc) is 2.03. The van der Waals surface area contributed by atoms with Gasteiger partial charge >= 0.3 is 0 Å². The molecular weight excluding hydrogens is 160 g/mol. The lowest BCUT2D eigenvalue weighted by Gasteiger charge is -1.93. The first-order valence-electron chi connectivity index (χ1n) is 3.02. The molecular formula is C8H8O4. The van der Waals surface area contributed by atoms with E-state index < -0.39 is 5.78 Å². The zero-order chi connectivity index (χ0) is 8.27. The third kappa shape index (κ3) is 2.17. The average molecular weight is 168 g/mol. The minimum Gasteiger partial charge on any atom is -0.508 e. The third-order valence-corrected chi connectivity index (χ3v) is 1.24. The first-order chi connectivity index (χ1) is 5.24. The van der Waals surface area contributed by atoms with Crippen molar-refractivity contribution in [3.8, 4) is 5.75 Å². The summed E-state index contributed by atoms with van der Waals surface area (Å²) in [6.07, 6.45) is 0.217. The van der Waals surface area contributed by atoms with Crippen molar-refractivity contribution in [1.29, 1.82) is 0 Å². The Morgan fingerprint density at radius 1 is 1.42 bits per heavy atom. The Bertz CT molecular complexity index is 293. The summed E-state index contributed by atoms with van der Waals surface area (Å²) < 4.78 is 0. The Hall–Kier alpha value is -1.68. The maximum atomic E-state index is 10.7. The van der Waals surface area contributed by atoms with Crippen molar-refractivity contribution in [2.45, 2.75) is 0 Å². The highest BCUT2D eigenvalue weighted by molar-refractivity contribution is 6.33. The smallest absolute Gasteiger partial charge is 0.225 e. The molecule has 1 aromatic carbocycles. The first-order valence-corrected chi connectivity index (χ1v) is 3.02. The minimum absolute atomic E-state index is 0. The zero-order valence-corrected chi connectivity index (χ0v) is 6.15. The number of Topliss-reactive ketones (excluding diaryl/α,β-unsaturated/α-hetero) is 1. The molecule has 0 spiro atoms. The number of hydrogen-bond acceptors (Lipinski definition) is 3. The summed E-state index contributed by atoms with van der Waals surface area (Å²) in [5, 5.41) is 8.89. The lowest BCUT2D eigenvalue weighted by molar-refractivity contribution is -0.104. The first kappa shape index (κ1) is 10.3. The van der Waals surface area contributed by atoms with Crippen molar-refractivity contribution in [3.05, 3.63) is 29.8 Å². The summed E-state index contributed by atoms with van der Waals surface area (Å²) >= 11 is 0. The van der Waals surface area contributed by atoms with E-state index in [-0.39, 0.29) is 23.1 Å². The summed E-state index contributed by atoms with van der Waals surface area (Å²) in [6.45, 7) is 0. The van der Waals surface area contributed by atoms with Crippen LogP contribution in [0.25, 0.3) is 0 Å². The molecule has 0 aliphatic rings. The van der Waals surface area contributed by atoms with E-state index in [9.17, 15) is 9.59 Å². The number of phenols is 1. The molecule has 0 bridgehead atoms. The van der Waals surface area contributed by atoms with Crippen LogP contribution in [0.3, 0.4) is 0 Å². The van der Waals surface area contributed by atoms with Gasteiger partial charge in [-0.25, -0.2) is 0 Å². The largest absolute Gasteiger partial charge is 0.508 e. The molecule has 0 heterocycles. The zero-order valence-electron chi connectivity index (χ0n) is 6.15. The number of carbonyl (C=O) groups is 2. The van der Waals surface area contributed by atoms with Crippen molar-refractivity contribution >= 4 is 12.1 Å². The number of aldehydes is 1. The van der Waals surface area contributed by atoms with Crippen LogP contribution in [0.5, 0.6) is 5.75 Å². The van der Waals surface area contributed by atoms with Gasteiger partial charge < -0.3 is 10.6 Å². The van der Waals surface area contributed by atoms with E-state index in [1.54, 1.807) is 0 Å². The Balaban J connectivity index is 0.00000121. The van der Waals surface area contributed by atoms with Gasteiger partial charge in [0.05, 0.1) is 0 Å². The predicted octanol–water partition coefficient (Wildman–Crippen LogP) is -0.0509. The van der Waals surface area contributed by atoms with Crippen molar-refractivity contribution in [1.82, 2.24) is 0 Å². The van der Waals surface area contributed by atoms with E-state index in [1.807, 2.05) is 0 Å². The fourth-order valence-electron chi connectivity index (χ4n) is 0.727. The molecule has 0 fully saturated rings. The standard InChI is InChI=1S/C8H6O3.H2O/c9-5-8(11)6-2-1-3-7(10)4-6;/h1-5,10H;1H2. The highest BCUT2D eigenvalue weighted by atomic mass is 16.3. The Labute approximate surface area is 68.8 Å². The number of rotatable bonds is 2. The Kier molecular flexibility index (Phi) is 3.66. The van der Waals surface area contributed by atoms with Crippen LogP contribution in [0.4, 0.5) is 0 Å².